The van der Waals surface area contributed by atoms with Gasteiger partial charge < -0.3 is 4.74 Å². The zero-order valence-corrected chi connectivity index (χ0v) is 11.5. The first-order valence-electron chi connectivity index (χ1n) is 6.09. The van der Waals surface area contributed by atoms with Gasteiger partial charge in [-0.1, -0.05) is 45.4 Å². The lowest BCUT2D eigenvalue weighted by atomic mass is 10.1. The lowest BCUT2D eigenvalue weighted by molar-refractivity contribution is -0.142. The molecule has 4 heteroatoms. The SMILES string of the molecule is CCCCCCCCCOC(=O)C(Cl)CCl. The Hall–Kier alpha value is 0.0500. The molecular weight excluding hydrogens is 247 g/mol. The van der Waals surface area contributed by atoms with Crippen LogP contribution in [0.25, 0.3) is 0 Å². The Morgan fingerprint density at radius 2 is 1.69 bits per heavy atom. The summed E-state index contributed by atoms with van der Waals surface area (Å²) in [5, 5.41) is -0.703. The van der Waals surface area contributed by atoms with E-state index in [0.717, 1.165) is 12.8 Å². The molecule has 0 saturated heterocycles. The maximum Gasteiger partial charge on any atom is 0.325 e. The molecule has 16 heavy (non-hydrogen) atoms. The molecule has 0 N–H and O–H groups in total. The van der Waals surface area contributed by atoms with Gasteiger partial charge in [0.25, 0.3) is 0 Å². The van der Waals surface area contributed by atoms with Crippen LogP contribution in [0.1, 0.15) is 51.9 Å². The molecule has 96 valence electrons. The molecule has 0 rings (SSSR count). The van der Waals surface area contributed by atoms with Gasteiger partial charge in [0.2, 0.25) is 0 Å². The Labute approximate surface area is 109 Å². The van der Waals surface area contributed by atoms with Crippen LogP contribution < -0.4 is 0 Å². The molecule has 1 atom stereocenters. The fourth-order valence-electron chi connectivity index (χ4n) is 1.39. The molecule has 0 amide bonds. The Morgan fingerprint density at radius 3 is 2.25 bits per heavy atom. The molecule has 0 aliphatic rings. The largest absolute Gasteiger partial charge is 0.465 e. The average molecular weight is 269 g/mol. The normalized spacial score (nSPS) is 12.4. The Balaban J connectivity index is 3.18. The van der Waals surface area contributed by atoms with Gasteiger partial charge in [0, 0.05) is 5.88 Å². The van der Waals surface area contributed by atoms with E-state index >= 15 is 0 Å². The highest BCUT2D eigenvalue weighted by molar-refractivity contribution is 6.35. The van der Waals surface area contributed by atoms with Crippen molar-refractivity contribution < 1.29 is 9.53 Å². The summed E-state index contributed by atoms with van der Waals surface area (Å²) in [6, 6.07) is 0. The van der Waals surface area contributed by atoms with Crippen molar-refractivity contribution in [2.24, 2.45) is 0 Å². The van der Waals surface area contributed by atoms with Gasteiger partial charge in [0.15, 0.2) is 0 Å². The molecule has 0 aromatic heterocycles. The van der Waals surface area contributed by atoms with E-state index in [1.807, 2.05) is 0 Å². The van der Waals surface area contributed by atoms with Crippen LogP contribution in [-0.4, -0.2) is 23.8 Å². The monoisotopic (exact) mass is 268 g/mol. The number of hydrogen-bond acceptors (Lipinski definition) is 2. The number of rotatable bonds is 10. The summed E-state index contributed by atoms with van der Waals surface area (Å²) >= 11 is 11.0. The molecule has 0 aromatic carbocycles. The van der Waals surface area contributed by atoms with Gasteiger partial charge >= 0.3 is 5.97 Å². The molecule has 0 aromatic rings. The Morgan fingerprint density at radius 1 is 1.12 bits per heavy atom. The van der Waals surface area contributed by atoms with E-state index in [9.17, 15) is 4.79 Å². The Kier molecular flexibility index (Phi) is 11.6. The number of carbonyl (C=O) groups is 1. The molecule has 2 nitrogen and oxygen atoms in total. The minimum absolute atomic E-state index is 0.109. The van der Waals surface area contributed by atoms with Crippen molar-refractivity contribution in [2.75, 3.05) is 12.5 Å². The third-order valence-corrected chi connectivity index (χ3v) is 3.18. The van der Waals surface area contributed by atoms with Gasteiger partial charge in [-0.3, -0.25) is 4.79 Å². The van der Waals surface area contributed by atoms with Crippen molar-refractivity contribution in [2.45, 2.75) is 57.2 Å². The summed E-state index contributed by atoms with van der Waals surface area (Å²) in [7, 11) is 0. The number of carbonyl (C=O) groups excluding carboxylic acids is 1. The number of alkyl halides is 2. The van der Waals surface area contributed by atoms with Crippen LogP contribution in [0.15, 0.2) is 0 Å². The predicted molar refractivity (Wildman–Crippen MR) is 69.3 cm³/mol. The third-order valence-electron chi connectivity index (χ3n) is 2.38. The van der Waals surface area contributed by atoms with Gasteiger partial charge in [-0.05, 0) is 6.42 Å². The average Bonchev–Trinajstić information content (AvgIpc) is 2.31. The summed E-state index contributed by atoms with van der Waals surface area (Å²) in [4.78, 5) is 11.1. The summed E-state index contributed by atoms with van der Waals surface area (Å²) in [5.74, 6) is -0.292. The molecule has 0 fully saturated rings. The van der Waals surface area contributed by atoms with Crippen molar-refractivity contribution in [1.82, 2.24) is 0 Å². The maximum atomic E-state index is 11.1. The van der Waals surface area contributed by atoms with Gasteiger partial charge in [0.05, 0.1) is 6.61 Å². The van der Waals surface area contributed by atoms with Crippen LogP contribution in [0.2, 0.25) is 0 Å². The molecule has 0 bridgehead atoms. The van der Waals surface area contributed by atoms with Gasteiger partial charge in [-0.15, -0.1) is 23.2 Å². The molecule has 0 aliphatic heterocycles. The van der Waals surface area contributed by atoms with Crippen LogP contribution in [0.5, 0.6) is 0 Å². The Bertz CT molecular complexity index is 174. The zero-order chi connectivity index (χ0) is 12.2. The molecule has 0 spiro atoms. The van der Waals surface area contributed by atoms with Crippen molar-refractivity contribution >= 4 is 29.2 Å². The van der Waals surface area contributed by atoms with E-state index in [1.54, 1.807) is 0 Å². The van der Waals surface area contributed by atoms with Crippen LogP contribution in [-0.2, 0) is 9.53 Å². The first-order chi connectivity index (χ1) is 7.72. The van der Waals surface area contributed by atoms with Crippen molar-refractivity contribution in [3.63, 3.8) is 0 Å². The lowest BCUT2D eigenvalue weighted by Crippen LogP contribution is -2.19. The van der Waals surface area contributed by atoms with Crippen molar-refractivity contribution in [3.05, 3.63) is 0 Å². The zero-order valence-electron chi connectivity index (χ0n) is 10.0. The van der Waals surface area contributed by atoms with Crippen LogP contribution in [0.3, 0.4) is 0 Å². The molecule has 0 radical (unpaired) electrons. The topological polar surface area (TPSA) is 26.3 Å². The maximum absolute atomic E-state index is 11.1. The number of unbranched alkanes of at least 4 members (excludes halogenated alkanes) is 6. The molecule has 0 aliphatic carbocycles. The summed E-state index contributed by atoms with van der Waals surface area (Å²) in [5.41, 5.74) is 0. The van der Waals surface area contributed by atoms with Crippen molar-refractivity contribution in [3.8, 4) is 0 Å². The second-order valence-electron chi connectivity index (χ2n) is 3.91. The highest BCUT2D eigenvalue weighted by atomic mass is 35.5. The molecule has 0 heterocycles. The van der Waals surface area contributed by atoms with E-state index in [1.165, 1.54) is 32.1 Å². The fourth-order valence-corrected chi connectivity index (χ4v) is 1.57. The highest BCUT2D eigenvalue weighted by Crippen LogP contribution is 2.07. The first kappa shape index (κ1) is 16.1. The number of ether oxygens (including phenoxy) is 1. The van der Waals surface area contributed by atoms with Gasteiger partial charge in [0.1, 0.15) is 5.38 Å². The van der Waals surface area contributed by atoms with E-state index in [0.29, 0.717) is 6.61 Å². The first-order valence-corrected chi connectivity index (χ1v) is 7.06. The van der Waals surface area contributed by atoms with E-state index in [4.69, 9.17) is 27.9 Å². The molecular formula is C12H22Cl2O2. The van der Waals surface area contributed by atoms with Crippen LogP contribution in [0, 0.1) is 0 Å². The van der Waals surface area contributed by atoms with Gasteiger partial charge in [-0.25, -0.2) is 0 Å². The summed E-state index contributed by atoms with van der Waals surface area (Å²) < 4.78 is 4.97. The second kappa shape index (κ2) is 11.5. The van der Waals surface area contributed by atoms with E-state index in [2.05, 4.69) is 6.92 Å². The minimum Gasteiger partial charge on any atom is -0.465 e. The van der Waals surface area contributed by atoms with Crippen molar-refractivity contribution in [1.29, 1.82) is 0 Å². The summed E-state index contributed by atoms with van der Waals surface area (Å²) in [6.45, 7) is 2.67. The second-order valence-corrected chi connectivity index (χ2v) is 4.75. The van der Waals surface area contributed by atoms with Gasteiger partial charge in [-0.2, -0.15) is 0 Å². The molecule has 0 saturated carbocycles. The van der Waals surface area contributed by atoms with E-state index < -0.39 is 11.3 Å². The fraction of sp³-hybridized carbons (Fsp3) is 0.917. The summed E-state index contributed by atoms with van der Waals surface area (Å²) in [6.07, 6.45) is 8.44. The third kappa shape index (κ3) is 9.29. The minimum atomic E-state index is -0.703. The van der Waals surface area contributed by atoms with Crippen LogP contribution >= 0.6 is 23.2 Å². The number of esters is 1. The standard InChI is InChI=1S/C12H22Cl2O2/c1-2-3-4-5-6-7-8-9-16-12(15)11(14)10-13/h11H,2-10H2,1H3. The quantitative estimate of drug-likeness (QED) is 0.338. The lowest BCUT2D eigenvalue weighted by Gasteiger charge is -2.06. The number of hydrogen-bond donors (Lipinski definition) is 0. The smallest absolute Gasteiger partial charge is 0.325 e. The van der Waals surface area contributed by atoms with Crippen LogP contribution in [0.4, 0.5) is 0 Å². The number of halogens is 2. The molecule has 1 unspecified atom stereocenters. The van der Waals surface area contributed by atoms with E-state index in [-0.39, 0.29) is 5.88 Å². The predicted octanol–water partition coefficient (Wildman–Crippen LogP) is 4.13. The highest BCUT2D eigenvalue weighted by Gasteiger charge is 2.14.